The Balaban J connectivity index is 1.54. The molecule has 4 rings (SSSR count). The highest BCUT2D eigenvalue weighted by atomic mass is 32.1. The van der Waals surface area contributed by atoms with E-state index >= 15 is 0 Å². The SMILES string of the molecule is O=C1NCCN1C(=O)Nc1ccsc1-c1nc(C2CC2)no1. The minimum Gasteiger partial charge on any atom is -0.336 e. The average molecular weight is 319 g/mol. The molecular formula is C13H13N5O3S. The van der Waals surface area contributed by atoms with Crippen LogP contribution in [0.25, 0.3) is 10.8 Å². The number of urea groups is 2. The molecule has 0 spiro atoms. The lowest BCUT2D eigenvalue weighted by atomic mass is 10.3. The summed E-state index contributed by atoms with van der Waals surface area (Å²) in [6.07, 6.45) is 2.19. The van der Waals surface area contributed by atoms with Gasteiger partial charge in [-0.2, -0.15) is 4.98 Å². The maximum Gasteiger partial charge on any atom is 0.330 e. The van der Waals surface area contributed by atoms with Gasteiger partial charge in [0.25, 0.3) is 5.89 Å². The van der Waals surface area contributed by atoms with Gasteiger partial charge in [-0.15, -0.1) is 11.3 Å². The second kappa shape index (κ2) is 5.09. The molecule has 4 amide bonds. The summed E-state index contributed by atoms with van der Waals surface area (Å²) in [6, 6.07) is 0.909. The largest absolute Gasteiger partial charge is 0.336 e. The Hall–Kier alpha value is -2.42. The molecule has 0 atom stereocenters. The van der Waals surface area contributed by atoms with E-state index in [1.165, 1.54) is 11.3 Å². The molecule has 1 saturated carbocycles. The van der Waals surface area contributed by atoms with Gasteiger partial charge in [0.05, 0.1) is 5.69 Å². The van der Waals surface area contributed by atoms with E-state index in [1.807, 2.05) is 5.38 Å². The van der Waals surface area contributed by atoms with Crippen molar-refractivity contribution in [1.82, 2.24) is 20.4 Å². The number of hydrogen-bond donors (Lipinski definition) is 2. The Labute approximate surface area is 129 Å². The number of nitrogens with zero attached hydrogens (tertiary/aromatic N) is 3. The summed E-state index contributed by atoms with van der Waals surface area (Å²) < 4.78 is 5.28. The summed E-state index contributed by atoms with van der Waals surface area (Å²) in [5, 5.41) is 11.1. The first-order valence-corrected chi connectivity index (χ1v) is 7.88. The Morgan fingerprint density at radius 3 is 3.09 bits per heavy atom. The number of amides is 4. The molecule has 8 nitrogen and oxygen atoms in total. The lowest BCUT2D eigenvalue weighted by Gasteiger charge is -2.13. The predicted molar refractivity (Wildman–Crippen MR) is 78.7 cm³/mol. The number of imide groups is 1. The zero-order valence-electron chi connectivity index (χ0n) is 11.5. The molecule has 0 unspecified atom stereocenters. The molecule has 1 aliphatic carbocycles. The molecule has 2 aromatic heterocycles. The average Bonchev–Trinajstić information content (AvgIpc) is 2.91. The highest BCUT2D eigenvalue weighted by Crippen LogP contribution is 2.40. The quantitative estimate of drug-likeness (QED) is 0.903. The van der Waals surface area contributed by atoms with Crippen LogP contribution < -0.4 is 10.6 Å². The Bertz CT molecular complexity index is 736. The number of carbonyl (C=O) groups excluding carboxylic acids is 2. The van der Waals surface area contributed by atoms with E-state index in [0.717, 1.165) is 23.6 Å². The van der Waals surface area contributed by atoms with E-state index in [1.54, 1.807) is 6.07 Å². The third-order valence-electron chi connectivity index (χ3n) is 3.59. The molecular weight excluding hydrogens is 306 g/mol. The number of nitrogens with one attached hydrogen (secondary N) is 2. The minimum atomic E-state index is -0.461. The van der Waals surface area contributed by atoms with Crippen molar-refractivity contribution in [2.75, 3.05) is 18.4 Å². The smallest absolute Gasteiger partial charge is 0.330 e. The first-order chi connectivity index (χ1) is 10.7. The highest BCUT2D eigenvalue weighted by molar-refractivity contribution is 7.14. The summed E-state index contributed by atoms with van der Waals surface area (Å²) in [6.45, 7) is 0.827. The van der Waals surface area contributed by atoms with Gasteiger partial charge in [0, 0.05) is 19.0 Å². The summed E-state index contributed by atoms with van der Waals surface area (Å²) >= 11 is 1.40. The van der Waals surface area contributed by atoms with Crippen molar-refractivity contribution in [3.05, 3.63) is 17.3 Å². The van der Waals surface area contributed by atoms with Crippen LogP contribution in [0.3, 0.4) is 0 Å². The van der Waals surface area contributed by atoms with Crippen molar-refractivity contribution in [3.8, 4) is 10.8 Å². The first-order valence-electron chi connectivity index (χ1n) is 7.00. The second-order valence-electron chi connectivity index (χ2n) is 5.21. The number of anilines is 1. The molecule has 1 saturated heterocycles. The standard InChI is InChI=1S/C13H13N5O3S/c19-12-14-4-5-18(12)13(20)15-8-3-6-22-9(8)11-16-10(17-21-11)7-1-2-7/h3,6-7H,1-2,4-5H2,(H,14,19)(H,15,20). The molecule has 3 heterocycles. The third-order valence-corrected chi connectivity index (χ3v) is 4.49. The van der Waals surface area contributed by atoms with Crippen LogP contribution in [-0.2, 0) is 0 Å². The number of carbonyl (C=O) groups is 2. The Kier molecular flexibility index (Phi) is 3.07. The van der Waals surface area contributed by atoms with Gasteiger partial charge in [0.1, 0.15) is 4.88 Å². The van der Waals surface area contributed by atoms with E-state index in [9.17, 15) is 9.59 Å². The number of hydrogen-bond acceptors (Lipinski definition) is 6. The van der Waals surface area contributed by atoms with Gasteiger partial charge in [-0.05, 0) is 24.3 Å². The normalized spacial score (nSPS) is 17.6. The van der Waals surface area contributed by atoms with Gasteiger partial charge in [0.15, 0.2) is 5.82 Å². The van der Waals surface area contributed by atoms with Gasteiger partial charge in [-0.1, -0.05) is 5.16 Å². The monoisotopic (exact) mass is 319 g/mol. The summed E-state index contributed by atoms with van der Waals surface area (Å²) in [5.41, 5.74) is 0.570. The van der Waals surface area contributed by atoms with Crippen LogP contribution in [0.1, 0.15) is 24.6 Å². The number of thiophene rings is 1. The fraction of sp³-hybridized carbons (Fsp3) is 0.385. The third kappa shape index (κ3) is 2.33. The molecule has 0 aromatic carbocycles. The molecule has 2 aromatic rings. The van der Waals surface area contributed by atoms with Crippen LogP contribution in [0, 0.1) is 0 Å². The van der Waals surface area contributed by atoms with E-state index in [2.05, 4.69) is 20.8 Å². The summed E-state index contributed by atoms with van der Waals surface area (Å²) in [4.78, 5) is 29.8. The zero-order chi connectivity index (χ0) is 15.1. The van der Waals surface area contributed by atoms with E-state index < -0.39 is 6.03 Å². The minimum absolute atomic E-state index is 0.358. The number of aromatic nitrogens is 2. The van der Waals surface area contributed by atoms with Crippen LogP contribution in [-0.4, -0.2) is 40.2 Å². The first kappa shape index (κ1) is 13.3. The molecule has 114 valence electrons. The van der Waals surface area contributed by atoms with E-state index in [4.69, 9.17) is 4.52 Å². The molecule has 2 fully saturated rings. The molecule has 1 aliphatic heterocycles. The fourth-order valence-corrected chi connectivity index (χ4v) is 3.03. The molecule has 2 aliphatic rings. The molecule has 9 heteroatoms. The van der Waals surface area contributed by atoms with E-state index in [-0.39, 0.29) is 6.03 Å². The van der Waals surface area contributed by atoms with Gasteiger partial charge in [-0.25, -0.2) is 14.5 Å². The van der Waals surface area contributed by atoms with Gasteiger partial charge in [0.2, 0.25) is 0 Å². The van der Waals surface area contributed by atoms with Crippen molar-refractivity contribution < 1.29 is 14.1 Å². The topological polar surface area (TPSA) is 100 Å². The van der Waals surface area contributed by atoms with Gasteiger partial charge < -0.3 is 15.2 Å². The second-order valence-corrected chi connectivity index (χ2v) is 6.13. The van der Waals surface area contributed by atoms with Crippen molar-refractivity contribution >= 4 is 29.1 Å². The fourth-order valence-electron chi connectivity index (χ4n) is 2.26. The molecule has 0 bridgehead atoms. The summed E-state index contributed by atoms with van der Waals surface area (Å²) in [5.74, 6) is 1.53. The molecule has 22 heavy (non-hydrogen) atoms. The van der Waals surface area contributed by atoms with Crippen LogP contribution >= 0.6 is 11.3 Å². The highest BCUT2D eigenvalue weighted by Gasteiger charge is 2.30. The van der Waals surface area contributed by atoms with Gasteiger partial charge >= 0.3 is 12.1 Å². The van der Waals surface area contributed by atoms with Crippen LogP contribution in [0.15, 0.2) is 16.0 Å². The van der Waals surface area contributed by atoms with Crippen molar-refractivity contribution in [2.45, 2.75) is 18.8 Å². The number of rotatable bonds is 3. The van der Waals surface area contributed by atoms with Crippen LogP contribution in [0.2, 0.25) is 0 Å². The van der Waals surface area contributed by atoms with Gasteiger partial charge in [-0.3, -0.25) is 0 Å². The Morgan fingerprint density at radius 2 is 2.36 bits per heavy atom. The zero-order valence-corrected chi connectivity index (χ0v) is 12.4. The predicted octanol–water partition coefficient (Wildman–Crippen LogP) is 2.23. The lowest BCUT2D eigenvalue weighted by molar-refractivity contribution is 0.207. The van der Waals surface area contributed by atoms with Crippen molar-refractivity contribution in [2.24, 2.45) is 0 Å². The van der Waals surface area contributed by atoms with E-state index in [0.29, 0.717) is 35.5 Å². The van der Waals surface area contributed by atoms with Crippen LogP contribution in [0.4, 0.5) is 15.3 Å². The molecule has 2 N–H and O–H groups in total. The lowest BCUT2D eigenvalue weighted by Crippen LogP contribution is -2.37. The van der Waals surface area contributed by atoms with Crippen molar-refractivity contribution in [1.29, 1.82) is 0 Å². The Morgan fingerprint density at radius 1 is 1.50 bits per heavy atom. The summed E-state index contributed by atoms with van der Waals surface area (Å²) in [7, 11) is 0. The maximum absolute atomic E-state index is 12.1. The molecule has 0 radical (unpaired) electrons. The maximum atomic E-state index is 12.1. The van der Waals surface area contributed by atoms with Crippen molar-refractivity contribution in [3.63, 3.8) is 0 Å². The van der Waals surface area contributed by atoms with Crippen LogP contribution in [0.5, 0.6) is 0 Å².